The van der Waals surface area contributed by atoms with Crippen LogP contribution >= 0.6 is 0 Å². The summed E-state index contributed by atoms with van der Waals surface area (Å²) in [6.45, 7) is 9.30. The molecular formula is C21H30N4O2. The number of carbonyl (C=O) groups is 2. The molecule has 0 unspecified atom stereocenters. The Kier molecular flexibility index (Phi) is 7.16. The fourth-order valence-electron chi connectivity index (χ4n) is 3.06. The molecule has 0 aliphatic rings. The summed E-state index contributed by atoms with van der Waals surface area (Å²) in [5, 5.41) is 10.1. The van der Waals surface area contributed by atoms with Crippen LogP contribution in [0.4, 0.5) is 5.69 Å². The van der Waals surface area contributed by atoms with Crippen LogP contribution in [0.2, 0.25) is 0 Å². The highest BCUT2D eigenvalue weighted by atomic mass is 16.2. The zero-order valence-corrected chi connectivity index (χ0v) is 16.9. The van der Waals surface area contributed by atoms with Gasteiger partial charge in [-0.05, 0) is 49.4 Å². The number of anilines is 1. The van der Waals surface area contributed by atoms with E-state index in [9.17, 15) is 9.59 Å². The first-order chi connectivity index (χ1) is 12.8. The predicted molar refractivity (Wildman–Crippen MR) is 108 cm³/mol. The Hall–Kier alpha value is -2.63. The molecule has 27 heavy (non-hydrogen) atoms. The number of aryl methyl sites for hydroxylation is 1. The Balaban J connectivity index is 1.91. The van der Waals surface area contributed by atoms with Gasteiger partial charge in [0.2, 0.25) is 11.8 Å². The Morgan fingerprint density at radius 3 is 2.37 bits per heavy atom. The van der Waals surface area contributed by atoms with Crippen LogP contribution in [0.1, 0.15) is 42.8 Å². The van der Waals surface area contributed by atoms with Gasteiger partial charge in [0.05, 0.1) is 12.1 Å². The van der Waals surface area contributed by atoms with Crippen LogP contribution in [0.15, 0.2) is 24.3 Å². The van der Waals surface area contributed by atoms with Gasteiger partial charge in [0, 0.05) is 31.4 Å². The van der Waals surface area contributed by atoms with Crippen LogP contribution in [0.3, 0.4) is 0 Å². The van der Waals surface area contributed by atoms with Crippen molar-refractivity contribution in [1.82, 2.24) is 15.1 Å². The summed E-state index contributed by atoms with van der Waals surface area (Å²) in [4.78, 5) is 23.7. The smallest absolute Gasteiger partial charge is 0.224 e. The van der Waals surface area contributed by atoms with E-state index in [1.165, 1.54) is 0 Å². The number of aromatic nitrogens is 2. The highest BCUT2D eigenvalue weighted by molar-refractivity contribution is 5.91. The predicted octanol–water partition coefficient (Wildman–Crippen LogP) is 3.02. The maximum atomic E-state index is 12.3. The number of nitrogens with one attached hydrogen (secondary N) is 2. The van der Waals surface area contributed by atoms with Gasteiger partial charge in [-0.15, -0.1) is 0 Å². The van der Waals surface area contributed by atoms with Gasteiger partial charge in [-0.2, -0.15) is 5.10 Å². The highest BCUT2D eigenvalue weighted by Gasteiger charge is 2.14. The molecule has 146 valence electrons. The molecular weight excluding hydrogens is 340 g/mol. The molecule has 0 saturated heterocycles. The third-order valence-corrected chi connectivity index (χ3v) is 4.55. The van der Waals surface area contributed by atoms with Crippen molar-refractivity contribution >= 4 is 17.5 Å². The fraction of sp³-hybridized carbons (Fsp3) is 0.476. The van der Waals surface area contributed by atoms with Crippen LogP contribution in [0, 0.1) is 19.8 Å². The van der Waals surface area contributed by atoms with Gasteiger partial charge in [-0.3, -0.25) is 14.3 Å². The lowest BCUT2D eigenvalue weighted by Crippen LogP contribution is -2.19. The maximum absolute atomic E-state index is 12.3. The first-order valence-corrected chi connectivity index (χ1v) is 9.42. The SMILES string of the molecule is CNC(=O)Cc1ccc(NC(=O)CCc2c(C)nn(CC(C)C)c2C)cc1. The molecule has 6 nitrogen and oxygen atoms in total. The van der Waals surface area contributed by atoms with Gasteiger partial charge in [-0.25, -0.2) is 0 Å². The number of hydrogen-bond donors (Lipinski definition) is 2. The van der Waals surface area contributed by atoms with E-state index in [1.807, 2.05) is 35.9 Å². The lowest BCUT2D eigenvalue weighted by atomic mass is 10.1. The quantitative estimate of drug-likeness (QED) is 0.750. The average molecular weight is 370 g/mol. The summed E-state index contributed by atoms with van der Waals surface area (Å²) >= 11 is 0. The third kappa shape index (κ3) is 5.94. The van der Waals surface area contributed by atoms with Crippen molar-refractivity contribution in [3.63, 3.8) is 0 Å². The average Bonchev–Trinajstić information content (AvgIpc) is 2.87. The minimum atomic E-state index is -0.0319. The van der Waals surface area contributed by atoms with Crippen molar-refractivity contribution in [2.24, 2.45) is 5.92 Å². The van der Waals surface area contributed by atoms with Crippen molar-refractivity contribution in [1.29, 1.82) is 0 Å². The van der Waals surface area contributed by atoms with Crippen LogP contribution in [0.25, 0.3) is 0 Å². The second-order valence-electron chi connectivity index (χ2n) is 7.32. The standard InChI is InChI=1S/C21H30N4O2/c1-14(2)13-25-16(4)19(15(3)24-25)10-11-20(26)23-18-8-6-17(7-9-18)12-21(27)22-5/h6-9,14H,10-13H2,1-5H3,(H,22,27)(H,23,26). The molecule has 0 aliphatic heterocycles. The fourth-order valence-corrected chi connectivity index (χ4v) is 3.06. The molecule has 1 heterocycles. The Morgan fingerprint density at radius 1 is 1.11 bits per heavy atom. The topological polar surface area (TPSA) is 76.0 Å². The molecule has 0 bridgehead atoms. The van der Waals surface area contributed by atoms with E-state index in [1.54, 1.807) is 7.05 Å². The van der Waals surface area contributed by atoms with Gasteiger partial charge in [0.1, 0.15) is 0 Å². The molecule has 0 saturated carbocycles. The number of amides is 2. The van der Waals surface area contributed by atoms with Crippen LogP contribution in [0.5, 0.6) is 0 Å². The number of likely N-dealkylation sites (N-methyl/N-ethyl adjacent to an activating group) is 1. The second kappa shape index (κ2) is 9.35. The molecule has 0 fully saturated rings. The Morgan fingerprint density at radius 2 is 1.78 bits per heavy atom. The summed E-state index contributed by atoms with van der Waals surface area (Å²) in [5.41, 5.74) is 4.96. The Labute approximate surface area is 161 Å². The molecule has 0 spiro atoms. The van der Waals surface area contributed by atoms with Crippen molar-refractivity contribution in [2.45, 2.75) is 53.5 Å². The molecule has 2 rings (SSSR count). The van der Waals surface area contributed by atoms with Crippen molar-refractivity contribution in [3.8, 4) is 0 Å². The van der Waals surface area contributed by atoms with E-state index in [4.69, 9.17) is 0 Å². The van der Waals surface area contributed by atoms with Crippen LogP contribution < -0.4 is 10.6 Å². The molecule has 0 atom stereocenters. The third-order valence-electron chi connectivity index (χ3n) is 4.55. The normalized spacial score (nSPS) is 10.9. The molecule has 1 aromatic heterocycles. The second-order valence-corrected chi connectivity index (χ2v) is 7.32. The summed E-state index contributed by atoms with van der Waals surface area (Å²) in [6, 6.07) is 7.37. The monoisotopic (exact) mass is 370 g/mol. The van der Waals surface area contributed by atoms with E-state index in [-0.39, 0.29) is 11.8 Å². The van der Waals surface area contributed by atoms with Gasteiger partial charge in [-0.1, -0.05) is 26.0 Å². The maximum Gasteiger partial charge on any atom is 0.224 e. The molecule has 2 N–H and O–H groups in total. The lowest BCUT2D eigenvalue weighted by molar-refractivity contribution is -0.120. The van der Waals surface area contributed by atoms with E-state index in [2.05, 4.69) is 36.5 Å². The molecule has 0 radical (unpaired) electrons. The summed E-state index contributed by atoms with van der Waals surface area (Å²) in [7, 11) is 1.62. The zero-order valence-electron chi connectivity index (χ0n) is 16.9. The number of hydrogen-bond acceptors (Lipinski definition) is 3. The van der Waals surface area contributed by atoms with Crippen LogP contribution in [-0.4, -0.2) is 28.6 Å². The number of rotatable bonds is 8. The molecule has 6 heteroatoms. The van der Waals surface area contributed by atoms with E-state index in [0.717, 1.165) is 34.7 Å². The summed E-state index contributed by atoms with van der Waals surface area (Å²) in [5.74, 6) is 0.477. The lowest BCUT2D eigenvalue weighted by Gasteiger charge is -2.09. The molecule has 2 amide bonds. The first kappa shape index (κ1) is 20.7. The summed E-state index contributed by atoms with van der Waals surface area (Å²) in [6.07, 6.45) is 1.43. The van der Waals surface area contributed by atoms with Gasteiger partial charge in [0.25, 0.3) is 0 Å². The Bertz CT molecular complexity index is 791. The van der Waals surface area contributed by atoms with E-state index >= 15 is 0 Å². The zero-order chi connectivity index (χ0) is 20.0. The van der Waals surface area contributed by atoms with Crippen molar-refractivity contribution in [3.05, 3.63) is 46.8 Å². The summed E-state index contributed by atoms with van der Waals surface area (Å²) < 4.78 is 2.04. The van der Waals surface area contributed by atoms with Crippen molar-refractivity contribution in [2.75, 3.05) is 12.4 Å². The van der Waals surface area contributed by atoms with E-state index < -0.39 is 0 Å². The molecule has 1 aromatic carbocycles. The first-order valence-electron chi connectivity index (χ1n) is 9.42. The van der Waals surface area contributed by atoms with Crippen LogP contribution in [-0.2, 0) is 29.0 Å². The van der Waals surface area contributed by atoms with Crippen molar-refractivity contribution < 1.29 is 9.59 Å². The minimum absolute atomic E-state index is 0.0236. The number of carbonyl (C=O) groups excluding carboxylic acids is 2. The van der Waals surface area contributed by atoms with Gasteiger partial charge in [0.15, 0.2) is 0 Å². The minimum Gasteiger partial charge on any atom is -0.359 e. The van der Waals surface area contributed by atoms with E-state index in [0.29, 0.717) is 25.2 Å². The van der Waals surface area contributed by atoms with Gasteiger partial charge < -0.3 is 10.6 Å². The molecule has 0 aliphatic carbocycles. The largest absolute Gasteiger partial charge is 0.359 e. The molecule has 2 aromatic rings. The number of nitrogens with zero attached hydrogens (tertiary/aromatic N) is 2. The highest BCUT2D eigenvalue weighted by Crippen LogP contribution is 2.17. The van der Waals surface area contributed by atoms with Gasteiger partial charge >= 0.3 is 0 Å². The number of benzene rings is 1.